The van der Waals surface area contributed by atoms with E-state index in [0.29, 0.717) is 0 Å². The van der Waals surface area contributed by atoms with Gasteiger partial charge >= 0.3 is 0 Å². The molecule has 1 rings (SSSR count). The SMILES string of the molecule is C=CCN(CCC)c1cc([C@H](C)O)ccn1. The lowest BCUT2D eigenvalue weighted by molar-refractivity contribution is 0.199. The summed E-state index contributed by atoms with van der Waals surface area (Å²) in [5.74, 6) is 0.903. The molecule has 0 unspecified atom stereocenters. The molecule has 3 heteroatoms. The summed E-state index contributed by atoms with van der Waals surface area (Å²) in [5.41, 5.74) is 0.898. The van der Waals surface area contributed by atoms with E-state index in [4.69, 9.17) is 0 Å². The number of aliphatic hydroxyl groups is 1. The number of aliphatic hydroxyl groups excluding tert-OH is 1. The fourth-order valence-electron chi connectivity index (χ4n) is 1.59. The maximum Gasteiger partial charge on any atom is 0.129 e. The van der Waals surface area contributed by atoms with E-state index >= 15 is 0 Å². The van der Waals surface area contributed by atoms with Crippen LogP contribution < -0.4 is 4.90 Å². The van der Waals surface area contributed by atoms with Crippen molar-refractivity contribution in [2.45, 2.75) is 26.4 Å². The molecular weight excluding hydrogens is 200 g/mol. The molecule has 0 radical (unpaired) electrons. The van der Waals surface area contributed by atoms with E-state index in [2.05, 4.69) is 23.4 Å². The molecule has 1 aromatic heterocycles. The Labute approximate surface area is 97.4 Å². The smallest absolute Gasteiger partial charge is 0.129 e. The highest BCUT2D eigenvalue weighted by Gasteiger charge is 2.07. The summed E-state index contributed by atoms with van der Waals surface area (Å²) >= 11 is 0. The molecule has 0 spiro atoms. The van der Waals surface area contributed by atoms with Crippen LogP contribution in [0.15, 0.2) is 31.0 Å². The second kappa shape index (κ2) is 6.28. The highest BCUT2D eigenvalue weighted by atomic mass is 16.3. The van der Waals surface area contributed by atoms with Gasteiger partial charge in [-0.3, -0.25) is 0 Å². The second-order valence-corrected chi connectivity index (χ2v) is 3.86. The Hall–Kier alpha value is -1.35. The molecule has 16 heavy (non-hydrogen) atoms. The first-order valence-electron chi connectivity index (χ1n) is 5.69. The molecular formula is C13H20N2O. The minimum absolute atomic E-state index is 0.450. The van der Waals surface area contributed by atoms with Crippen molar-refractivity contribution in [2.75, 3.05) is 18.0 Å². The zero-order chi connectivity index (χ0) is 12.0. The van der Waals surface area contributed by atoms with Crippen LogP contribution in [0.5, 0.6) is 0 Å². The largest absolute Gasteiger partial charge is 0.389 e. The molecule has 0 aliphatic carbocycles. The first-order valence-corrected chi connectivity index (χ1v) is 5.69. The fraction of sp³-hybridized carbons (Fsp3) is 0.462. The molecule has 0 fully saturated rings. The van der Waals surface area contributed by atoms with E-state index in [1.807, 2.05) is 18.2 Å². The number of pyridine rings is 1. The summed E-state index contributed by atoms with van der Waals surface area (Å²) in [7, 11) is 0. The average molecular weight is 220 g/mol. The van der Waals surface area contributed by atoms with Crippen molar-refractivity contribution >= 4 is 5.82 Å². The van der Waals surface area contributed by atoms with E-state index in [-0.39, 0.29) is 0 Å². The third-order valence-corrected chi connectivity index (χ3v) is 2.42. The summed E-state index contributed by atoms with van der Waals surface area (Å²) < 4.78 is 0. The summed E-state index contributed by atoms with van der Waals surface area (Å²) in [5, 5.41) is 9.52. The van der Waals surface area contributed by atoms with Gasteiger partial charge in [-0.05, 0) is 31.0 Å². The highest BCUT2D eigenvalue weighted by molar-refractivity contribution is 5.42. The van der Waals surface area contributed by atoms with Gasteiger partial charge in [0.25, 0.3) is 0 Å². The summed E-state index contributed by atoms with van der Waals surface area (Å²) in [6.07, 6.45) is 4.22. The predicted octanol–water partition coefficient (Wildman–Crippen LogP) is 2.54. The topological polar surface area (TPSA) is 36.4 Å². The van der Waals surface area contributed by atoms with Crippen molar-refractivity contribution in [1.82, 2.24) is 4.98 Å². The monoisotopic (exact) mass is 220 g/mol. The van der Waals surface area contributed by atoms with Crippen LogP contribution in [-0.4, -0.2) is 23.2 Å². The number of hydrogen-bond acceptors (Lipinski definition) is 3. The van der Waals surface area contributed by atoms with Crippen molar-refractivity contribution in [3.05, 3.63) is 36.5 Å². The van der Waals surface area contributed by atoms with Gasteiger partial charge in [-0.25, -0.2) is 4.98 Å². The van der Waals surface area contributed by atoms with E-state index in [1.54, 1.807) is 13.1 Å². The quantitative estimate of drug-likeness (QED) is 0.748. The first kappa shape index (κ1) is 12.7. The van der Waals surface area contributed by atoms with E-state index in [9.17, 15) is 5.11 Å². The van der Waals surface area contributed by atoms with Crippen LogP contribution in [-0.2, 0) is 0 Å². The third-order valence-electron chi connectivity index (χ3n) is 2.42. The van der Waals surface area contributed by atoms with Crippen molar-refractivity contribution in [2.24, 2.45) is 0 Å². The van der Waals surface area contributed by atoms with Gasteiger partial charge in [-0.2, -0.15) is 0 Å². The van der Waals surface area contributed by atoms with Crippen LogP contribution in [0.25, 0.3) is 0 Å². The molecule has 0 aromatic carbocycles. The van der Waals surface area contributed by atoms with Crippen LogP contribution in [0.4, 0.5) is 5.82 Å². The molecule has 1 aromatic rings. The number of hydrogen-bond donors (Lipinski definition) is 1. The minimum Gasteiger partial charge on any atom is -0.389 e. The van der Waals surface area contributed by atoms with Gasteiger partial charge in [0.2, 0.25) is 0 Å². The molecule has 1 N–H and O–H groups in total. The van der Waals surface area contributed by atoms with Gasteiger partial charge in [-0.15, -0.1) is 6.58 Å². The van der Waals surface area contributed by atoms with Crippen LogP contribution >= 0.6 is 0 Å². The summed E-state index contributed by atoms with van der Waals surface area (Å²) in [4.78, 5) is 6.48. The highest BCUT2D eigenvalue weighted by Crippen LogP contribution is 2.18. The van der Waals surface area contributed by atoms with Crippen LogP contribution in [0.1, 0.15) is 31.9 Å². The maximum absolute atomic E-state index is 9.52. The Kier molecular flexibility index (Phi) is 4.99. The maximum atomic E-state index is 9.52. The average Bonchev–Trinajstić information content (AvgIpc) is 2.29. The molecule has 0 saturated heterocycles. The van der Waals surface area contributed by atoms with Gasteiger partial charge in [0, 0.05) is 19.3 Å². The van der Waals surface area contributed by atoms with Gasteiger partial charge < -0.3 is 10.0 Å². The van der Waals surface area contributed by atoms with Crippen molar-refractivity contribution in [1.29, 1.82) is 0 Å². The Morgan fingerprint density at radius 2 is 2.38 bits per heavy atom. The zero-order valence-corrected chi connectivity index (χ0v) is 10.1. The Bertz CT molecular complexity index is 336. The lowest BCUT2D eigenvalue weighted by Crippen LogP contribution is -2.25. The molecule has 0 amide bonds. The van der Waals surface area contributed by atoms with Crippen molar-refractivity contribution in [3.8, 4) is 0 Å². The van der Waals surface area contributed by atoms with E-state index in [0.717, 1.165) is 30.9 Å². The molecule has 0 aliphatic heterocycles. The third kappa shape index (κ3) is 3.35. The molecule has 3 nitrogen and oxygen atoms in total. The molecule has 0 aliphatic rings. The molecule has 88 valence electrons. The molecule has 0 bridgehead atoms. The number of rotatable bonds is 6. The predicted molar refractivity (Wildman–Crippen MR) is 67.6 cm³/mol. The Morgan fingerprint density at radius 3 is 2.94 bits per heavy atom. The van der Waals surface area contributed by atoms with Crippen LogP contribution in [0.2, 0.25) is 0 Å². The molecule has 1 atom stereocenters. The summed E-state index contributed by atoms with van der Waals surface area (Å²) in [6.45, 7) is 9.37. The van der Waals surface area contributed by atoms with Crippen LogP contribution in [0.3, 0.4) is 0 Å². The van der Waals surface area contributed by atoms with Gasteiger partial charge in [0.15, 0.2) is 0 Å². The van der Waals surface area contributed by atoms with E-state index < -0.39 is 6.10 Å². The lowest BCUT2D eigenvalue weighted by Gasteiger charge is -2.22. The molecule has 1 heterocycles. The zero-order valence-electron chi connectivity index (χ0n) is 10.1. The number of aromatic nitrogens is 1. The number of nitrogens with zero attached hydrogens (tertiary/aromatic N) is 2. The van der Waals surface area contributed by atoms with Gasteiger partial charge in [-0.1, -0.05) is 13.0 Å². The number of anilines is 1. The van der Waals surface area contributed by atoms with Gasteiger partial charge in [0.05, 0.1) is 6.10 Å². The van der Waals surface area contributed by atoms with Crippen LogP contribution in [0, 0.1) is 0 Å². The lowest BCUT2D eigenvalue weighted by atomic mass is 10.1. The summed E-state index contributed by atoms with van der Waals surface area (Å²) in [6, 6.07) is 3.77. The Morgan fingerprint density at radius 1 is 1.62 bits per heavy atom. The van der Waals surface area contributed by atoms with Crippen molar-refractivity contribution < 1.29 is 5.11 Å². The molecule has 0 saturated carbocycles. The first-order chi connectivity index (χ1) is 7.69. The Balaban J connectivity index is 2.90. The van der Waals surface area contributed by atoms with Gasteiger partial charge in [0.1, 0.15) is 5.82 Å². The normalized spacial score (nSPS) is 12.2. The second-order valence-electron chi connectivity index (χ2n) is 3.86. The fourth-order valence-corrected chi connectivity index (χ4v) is 1.59. The standard InChI is InChI=1S/C13H20N2O/c1-4-8-15(9-5-2)13-10-12(11(3)16)6-7-14-13/h4,6-7,10-11,16H,1,5,8-9H2,2-3H3/t11-/m0/s1. The van der Waals surface area contributed by atoms with E-state index in [1.165, 1.54) is 0 Å². The van der Waals surface area contributed by atoms with Crippen molar-refractivity contribution in [3.63, 3.8) is 0 Å². The minimum atomic E-state index is -0.450.